The van der Waals surface area contributed by atoms with Crippen molar-refractivity contribution in [1.82, 2.24) is 9.88 Å². The number of halogens is 2. The van der Waals surface area contributed by atoms with Gasteiger partial charge in [0.1, 0.15) is 29.0 Å². The summed E-state index contributed by atoms with van der Waals surface area (Å²) in [5.74, 6) is 1.15. The molecule has 1 aromatic carbocycles. The summed E-state index contributed by atoms with van der Waals surface area (Å²) in [5.41, 5.74) is 0.131. The average molecular weight is 355 g/mol. The number of rotatable bonds is 6. The van der Waals surface area contributed by atoms with Gasteiger partial charge in [-0.1, -0.05) is 23.2 Å². The number of methoxy groups -OCH3 is 1. The van der Waals surface area contributed by atoms with E-state index >= 15 is 0 Å². The number of hydrogen-bond donors (Lipinski definition) is 0. The average Bonchev–Trinajstić information content (AvgIpc) is 2.57. The Morgan fingerprint density at radius 1 is 1.13 bits per heavy atom. The first-order chi connectivity index (χ1) is 11.0. The van der Waals surface area contributed by atoms with Gasteiger partial charge in [0.15, 0.2) is 0 Å². The number of aromatic nitrogens is 1. The fraction of sp³-hybridized carbons (Fsp3) is 0.250. The van der Waals surface area contributed by atoms with Gasteiger partial charge in [-0.05, 0) is 36.4 Å². The minimum absolute atomic E-state index is 0.131. The summed E-state index contributed by atoms with van der Waals surface area (Å²) in [4.78, 5) is 17.7. The largest absolute Gasteiger partial charge is 0.497 e. The Kier molecular flexibility index (Phi) is 6.07. The van der Waals surface area contributed by atoms with E-state index in [1.807, 2.05) is 0 Å². The van der Waals surface area contributed by atoms with Gasteiger partial charge in [-0.2, -0.15) is 0 Å². The van der Waals surface area contributed by atoms with Crippen LogP contribution < -0.4 is 9.47 Å². The van der Waals surface area contributed by atoms with Gasteiger partial charge in [0.25, 0.3) is 5.91 Å². The number of carbonyl (C=O) groups excluding carboxylic acids is 1. The minimum Gasteiger partial charge on any atom is -0.497 e. The van der Waals surface area contributed by atoms with Crippen LogP contribution in [0.4, 0.5) is 0 Å². The molecule has 0 saturated heterocycles. The third kappa shape index (κ3) is 4.74. The zero-order valence-electron chi connectivity index (χ0n) is 12.8. The second-order valence-electron chi connectivity index (χ2n) is 4.72. The maximum absolute atomic E-state index is 12.3. The molecule has 7 heteroatoms. The third-order valence-corrected chi connectivity index (χ3v) is 3.63. The third-order valence-electron chi connectivity index (χ3n) is 3.12. The number of hydrogen-bond acceptors (Lipinski definition) is 4. The Hall–Kier alpha value is -1.98. The molecule has 0 fully saturated rings. The van der Waals surface area contributed by atoms with Crippen LogP contribution in [0.2, 0.25) is 10.2 Å². The topological polar surface area (TPSA) is 51.7 Å². The number of nitrogens with zero attached hydrogens (tertiary/aromatic N) is 2. The van der Waals surface area contributed by atoms with Crippen LogP contribution in [0.5, 0.6) is 11.5 Å². The molecule has 0 atom stereocenters. The lowest BCUT2D eigenvalue weighted by Crippen LogP contribution is -2.31. The van der Waals surface area contributed by atoms with E-state index in [1.165, 1.54) is 11.0 Å². The summed E-state index contributed by atoms with van der Waals surface area (Å²) in [7, 11) is 3.25. The Morgan fingerprint density at radius 2 is 1.78 bits per heavy atom. The SMILES string of the molecule is COc1ccc(OCCN(C)C(=O)c2nc(Cl)ccc2Cl)cc1. The Labute approximate surface area is 144 Å². The minimum atomic E-state index is -0.309. The zero-order valence-corrected chi connectivity index (χ0v) is 14.3. The molecule has 0 aliphatic carbocycles. The van der Waals surface area contributed by atoms with Crippen LogP contribution in [-0.2, 0) is 0 Å². The number of pyridine rings is 1. The molecule has 122 valence electrons. The number of ether oxygens (including phenoxy) is 2. The summed E-state index contributed by atoms with van der Waals surface area (Å²) in [5, 5.41) is 0.489. The second-order valence-corrected chi connectivity index (χ2v) is 5.51. The van der Waals surface area contributed by atoms with E-state index in [0.717, 1.165) is 5.75 Å². The standard InChI is InChI=1S/C16H16Cl2N2O3/c1-20(16(21)15-13(17)7-8-14(18)19-15)9-10-23-12-5-3-11(22-2)4-6-12/h3-8H,9-10H2,1-2H3. The van der Waals surface area contributed by atoms with E-state index in [2.05, 4.69) is 4.98 Å². The van der Waals surface area contributed by atoms with Crippen molar-refractivity contribution in [2.24, 2.45) is 0 Å². The molecular formula is C16H16Cl2N2O3. The molecule has 0 aliphatic heterocycles. The molecule has 0 saturated carbocycles. The van der Waals surface area contributed by atoms with Gasteiger partial charge in [0.05, 0.1) is 18.7 Å². The predicted molar refractivity (Wildman–Crippen MR) is 89.7 cm³/mol. The van der Waals surface area contributed by atoms with Gasteiger partial charge in [0, 0.05) is 7.05 Å². The lowest BCUT2D eigenvalue weighted by molar-refractivity contribution is 0.0768. The summed E-state index contributed by atoms with van der Waals surface area (Å²) in [6, 6.07) is 10.3. The van der Waals surface area contributed by atoms with Crippen LogP contribution in [0.3, 0.4) is 0 Å². The molecule has 0 unspecified atom stereocenters. The summed E-state index contributed by atoms with van der Waals surface area (Å²) in [6.45, 7) is 0.724. The maximum atomic E-state index is 12.3. The smallest absolute Gasteiger partial charge is 0.273 e. The molecule has 0 bridgehead atoms. The Morgan fingerprint density at radius 3 is 2.43 bits per heavy atom. The lowest BCUT2D eigenvalue weighted by atomic mass is 10.3. The van der Waals surface area contributed by atoms with Gasteiger partial charge < -0.3 is 14.4 Å². The summed E-state index contributed by atoms with van der Waals surface area (Å²) >= 11 is 11.8. The molecule has 0 aliphatic rings. The molecule has 23 heavy (non-hydrogen) atoms. The highest BCUT2D eigenvalue weighted by Gasteiger charge is 2.17. The van der Waals surface area contributed by atoms with E-state index in [9.17, 15) is 4.79 Å². The van der Waals surface area contributed by atoms with Gasteiger partial charge in [-0.25, -0.2) is 4.98 Å². The maximum Gasteiger partial charge on any atom is 0.273 e. The van der Waals surface area contributed by atoms with Crippen molar-refractivity contribution in [3.63, 3.8) is 0 Å². The van der Waals surface area contributed by atoms with Crippen molar-refractivity contribution < 1.29 is 14.3 Å². The van der Waals surface area contributed by atoms with Gasteiger partial charge >= 0.3 is 0 Å². The molecule has 1 heterocycles. The van der Waals surface area contributed by atoms with E-state index in [1.54, 1.807) is 44.5 Å². The number of benzene rings is 1. The van der Waals surface area contributed by atoms with Crippen molar-refractivity contribution in [3.8, 4) is 11.5 Å². The molecule has 0 spiro atoms. The predicted octanol–water partition coefficient (Wildman–Crippen LogP) is 3.55. The van der Waals surface area contributed by atoms with Crippen LogP contribution >= 0.6 is 23.2 Å². The summed E-state index contributed by atoms with van der Waals surface area (Å²) < 4.78 is 10.7. The van der Waals surface area contributed by atoms with Crippen molar-refractivity contribution >= 4 is 29.1 Å². The first kappa shape index (κ1) is 17.4. The van der Waals surface area contributed by atoms with Gasteiger partial charge in [-0.3, -0.25) is 4.79 Å². The first-order valence-corrected chi connectivity index (χ1v) is 7.61. The second kappa shape index (κ2) is 8.04. The fourth-order valence-electron chi connectivity index (χ4n) is 1.82. The van der Waals surface area contributed by atoms with Crippen molar-refractivity contribution in [2.75, 3.05) is 27.3 Å². The molecule has 0 radical (unpaired) electrons. The van der Waals surface area contributed by atoms with E-state index in [-0.39, 0.29) is 21.8 Å². The highest BCUT2D eigenvalue weighted by molar-refractivity contribution is 6.34. The van der Waals surface area contributed by atoms with Crippen LogP contribution in [-0.4, -0.2) is 43.1 Å². The lowest BCUT2D eigenvalue weighted by Gasteiger charge is -2.17. The van der Waals surface area contributed by atoms with Gasteiger partial charge in [0.2, 0.25) is 0 Å². The Bertz CT molecular complexity index is 678. The van der Waals surface area contributed by atoms with Crippen molar-refractivity contribution in [2.45, 2.75) is 0 Å². The number of amides is 1. The normalized spacial score (nSPS) is 10.3. The zero-order chi connectivity index (χ0) is 16.8. The number of likely N-dealkylation sites (N-methyl/N-ethyl adjacent to an activating group) is 1. The van der Waals surface area contributed by atoms with Crippen LogP contribution in [0, 0.1) is 0 Å². The highest BCUT2D eigenvalue weighted by atomic mass is 35.5. The molecule has 2 aromatic rings. The van der Waals surface area contributed by atoms with Gasteiger partial charge in [-0.15, -0.1) is 0 Å². The van der Waals surface area contributed by atoms with E-state index in [4.69, 9.17) is 32.7 Å². The molecule has 5 nitrogen and oxygen atoms in total. The molecule has 1 amide bonds. The Balaban J connectivity index is 1.89. The summed E-state index contributed by atoms with van der Waals surface area (Å²) in [6.07, 6.45) is 0. The quantitative estimate of drug-likeness (QED) is 0.744. The molecule has 0 N–H and O–H groups in total. The number of carbonyl (C=O) groups is 1. The molecule has 2 rings (SSSR count). The monoisotopic (exact) mass is 354 g/mol. The van der Waals surface area contributed by atoms with E-state index < -0.39 is 0 Å². The molecule has 1 aromatic heterocycles. The fourth-order valence-corrected chi connectivity index (χ4v) is 2.16. The van der Waals surface area contributed by atoms with Crippen LogP contribution in [0.15, 0.2) is 36.4 Å². The highest BCUT2D eigenvalue weighted by Crippen LogP contribution is 2.19. The first-order valence-electron chi connectivity index (χ1n) is 6.85. The molecular weight excluding hydrogens is 339 g/mol. The van der Waals surface area contributed by atoms with E-state index in [0.29, 0.717) is 18.9 Å². The van der Waals surface area contributed by atoms with Crippen LogP contribution in [0.1, 0.15) is 10.5 Å². The van der Waals surface area contributed by atoms with Crippen molar-refractivity contribution in [3.05, 3.63) is 52.3 Å². The van der Waals surface area contributed by atoms with Crippen molar-refractivity contribution in [1.29, 1.82) is 0 Å². The van der Waals surface area contributed by atoms with Crippen LogP contribution in [0.25, 0.3) is 0 Å².